The van der Waals surface area contributed by atoms with Gasteiger partial charge in [0, 0.05) is 17.1 Å². The Hall–Kier alpha value is -3.44. The van der Waals surface area contributed by atoms with Crippen molar-refractivity contribution in [2.75, 3.05) is 12.4 Å². The van der Waals surface area contributed by atoms with Gasteiger partial charge in [0.1, 0.15) is 11.2 Å². The average Bonchev–Trinajstić information content (AvgIpc) is 3.30. The number of thiazole rings is 1. The number of nitriles is 1. The third-order valence-corrected chi connectivity index (χ3v) is 5.39. The molecule has 0 aliphatic heterocycles. The molecule has 2 N–H and O–H groups in total. The van der Waals surface area contributed by atoms with Gasteiger partial charge in [0.15, 0.2) is 6.19 Å². The standard InChI is InChI=1S/C16H11N7S.CH4O4S/c1-23-14-7-13-10(8-19-21-13)6-15(14)24-16(23)22-20-12-4-2-11(3-5-12)18-9-17;1-5-6(2,3)4/h2-8H,1H3,(H,19,21);1H3,(H,2,3,4). The molecule has 0 aliphatic carbocycles. The number of azo groups is 1. The summed E-state index contributed by atoms with van der Waals surface area (Å²) in [6, 6.07) is 11.4. The van der Waals surface area contributed by atoms with Crippen LogP contribution in [0.15, 0.2) is 52.8 Å². The molecule has 2 heterocycles. The Bertz CT molecular complexity index is 1350. The number of rotatable bonds is 4. The van der Waals surface area contributed by atoms with Crippen LogP contribution in [0.5, 0.6) is 0 Å². The van der Waals surface area contributed by atoms with Crippen LogP contribution in [0.4, 0.5) is 16.5 Å². The van der Waals surface area contributed by atoms with Crippen LogP contribution in [0, 0.1) is 11.5 Å². The minimum absolute atomic E-state index is 0.729. The number of nitrogens with one attached hydrogen (secondary N) is 2. The minimum atomic E-state index is -4.41. The summed E-state index contributed by atoms with van der Waals surface area (Å²) in [5, 5.41) is 28.7. The molecule has 4 aromatic rings. The molecular weight excluding hydrogens is 430 g/mol. The number of H-pyrrole nitrogens is 1. The zero-order chi connectivity index (χ0) is 21.7. The van der Waals surface area contributed by atoms with E-state index in [0.29, 0.717) is 0 Å². The van der Waals surface area contributed by atoms with Gasteiger partial charge < -0.3 is 4.55 Å². The molecule has 0 unspecified atom stereocenters. The number of nitrogens with zero attached hydrogens (tertiary/aromatic N) is 5. The number of fused-ring (bicyclic) bond motifs is 2. The van der Waals surface area contributed by atoms with Crippen molar-refractivity contribution in [3.8, 4) is 6.19 Å². The predicted molar refractivity (Wildman–Crippen MR) is 109 cm³/mol. The van der Waals surface area contributed by atoms with Gasteiger partial charge in [-0.15, -0.1) is 0 Å². The maximum atomic E-state index is 9.22. The largest absolute Gasteiger partial charge is 0.726 e. The van der Waals surface area contributed by atoms with Gasteiger partial charge in [0.2, 0.25) is 10.4 Å². The molecule has 13 heteroatoms. The molecule has 0 amide bonds. The van der Waals surface area contributed by atoms with E-state index in [9.17, 15) is 13.0 Å². The molecule has 4 rings (SSSR count). The molecule has 2 aromatic heterocycles. The van der Waals surface area contributed by atoms with E-state index in [-0.39, 0.29) is 0 Å². The molecule has 11 nitrogen and oxygen atoms in total. The molecule has 0 bridgehead atoms. The summed E-state index contributed by atoms with van der Waals surface area (Å²) in [6.07, 6.45) is 3.69. The van der Waals surface area contributed by atoms with Crippen molar-refractivity contribution in [2.24, 2.45) is 17.3 Å². The van der Waals surface area contributed by atoms with Crippen LogP contribution in [0.2, 0.25) is 0 Å². The molecule has 0 atom stereocenters. The lowest BCUT2D eigenvalue weighted by molar-refractivity contribution is -0.627. The molecule has 0 saturated heterocycles. The Morgan fingerprint density at radius 2 is 2.00 bits per heavy atom. The van der Waals surface area contributed by atoms with Gasteiger partial charge in [-0.3, -0.25) is 14.6 Å². The number of aromatic amines is 1. The van der Waals surface area contributed by atoms with Gasteiger partial charge in [-0.25, -0.2) is 13.0 Å². The van der Waals surface area contributed by atoms with Gasteiger partial charge in [-0.1, -0.05) is 0 Å². The van der Waals surface area contributed by atoms with Crippen LogP contribution >= 0.6 is 11.3 Å². The van der Waals surface area contributed by atoms with Crippen LogP contribution in [-0.4, -0.2) is 30.3 Å². The second-order valence-corrected chi connectivity index (χ2v) is 7.94. The predicted octanol–water partition coefficient (Wildman–Crippen LogP) is 3.00. The zero-order valence-electron chi connectivity index (χ0n) is 15.7. The fourth-order valence-electron chi connectivity index (χ4n) is 2.44. The summed E-state index contributed by atoms with van der Waals surface area (Å²) in [6.45, 7) is 0. The Morgan fingerprint density at radius 3 is 2.63 bits per heavy atom. The van der Waals surface area contributed by atoms with Gasteiger partial charge in [-0.05, 0) is 46.8 Å². The highest BCUT2D eigenvalue weighted by atomic mass is 32.3. The van der Waals surface area contributed by atoms with Crippen molar-refractivity contribution < 1.29 is 21.7 Å². The first-order valence-electron chi connectivity index (χ1n) is 8.24. The molecule has 0 spiro atoms. The molecule has 30 heavy (non-hydrogen) atoms. The topological polar surface area (TPSA) is 160 Å². The van der Waals surface area contributed by atoms with Gasteiger partial charge in [0.05, 0.1) is 35.7 Å². The van der Waals surface area contributed by atoms with Gasteiger partial charge >= 0.3 is 5.13 Å². The maximum Gasteiger partial charge on any atom is 0.409 e. The second kappa shape index (κ2) is 8.93. The number of benzene rings is 2. The highest BCUT2D eigenvalue weighted by Crippen LogP contribution is 2.30. The summed E-state index contributed by atoms with van der Waals surface area (Å²) < 4.78 is 34.2. The number of aromatic nitrogens is 3. The number of hydrogen-bond donors (Lipinski definition) is 2. The van der Waals surface area contributed by atoms with Gasteiger partial charge in [-0.2, -0.15) is 10.4 Å². The monoisotopic (exact) mass is 445 g/mol. The van der Waals surface area contributed by atoms with E-state index in [2.05, 4.69) is 42.1 Å². The van der Waals surface area contributed by atoms with E-state index in [1.54, 1.807) is 23.5 Å². The van der Waals surface area contributed by atoms with Crippen molar-refractivity contribution in [1.29, 1.82) is 5.26 Å². The van der Waals surface area contributed by atoms with E-state index < -0.39 is 10.4 Å². The van der Waals surface area contributed by atoms with Crippen LogP contribution in [0.3, 0.4) is 0 Å². The molecule has 154 valence electrons. The van der Waals surface area contributed by atoms with E-state index in [1.165, 1.54) is 0 Å². The average molecular weight is 445 g/mol. The maximum absolute atomic E-state index is 9.22. The van der Waals surface area contributed by atoms with Gasteiger partial charge in [0.25, 0.3) is 0 Å². The SMILES string of the molecule is COS(=O)(=O)[O-].C[n+]1c(N=Nc2ccc(NC#N)cc2)sc2cc3cn[nH]c3cc21. The molecule has 0 aliphatic rings. The molecule has 0 saturated carbocycles. The van der Waals surface area contributed by atoms with Crippen LogP contribution < -0.4 is 9.88 Å². The second-order valence-electron chi connectivity index (χ2n) is 5.78. The third kappa shape index (κ3) is 5.13. The highest BCUT2D eigenvalue weighted by molar-refractivity contribution is 7.80. The Kier molecular flexibility index (Phi) is 6.33. The lowest BCUT2D eigenvalue weighted by atomic mass is 10.2. The van der Waals surface area contributed by atoms with E-state index in [0.717, 1.165) is 44.7 Å². The first kappa shape index (κ1) is 21.3. The molecular formula is C17H15N7O4S2. The van der Waals surface area contributed by atoms with Crippen molar-refractivity contribution >= 4 is 59.4 Å². The Labute approximate surface area is 175 Å². The van der Waals surface area contributed by atoms with Crippen LogP contribution in [-0.2, 0) is 21.6 Å². The highest BCUT2D eigenvalue weighted by Gasteiger charge is 2.17. The first-order valence-corrected chi connectivity index (χ1v) is 10.4. The summed E-state index contributed by atoms with van der Waals surface area (Å²) in [5.41, 5.74) is 3.54. The van der Waals surface area contributed by atoms with Crippen LogP contribution in [0.25, 0.3) is 21.1 Å². The fraction of sp³-hybridized carbons (Fsp3) is 0.118. The van der Waals surface area contributed by atoms with E-state index in [1.807, 2.05) is 36.1 Å². The van der Waals surface area contributed by atoms with E-state index in [4.69, 9.17) is 5.26 Å². The fourth-order valence-corrected chi connectivity index (χ4v) is 3.44. The van der Waals surface area contributed by atoms with Crippen molar-refractivity contribution in [2.45, 2.75) is 0 Å². The summed E-state index contributed by atoms with van der Waals surface area (Å²) >= 11 is 1.58. The van der Waals surface area contributed by atoms with Crippen LogP contribution in [0.1, 0.15) is 0 Å². The lowest BCUT2D eigenvalue weighted by Crippen LogP contribution is -2.25. The molecule has 2 aromatic carbocycles. The van der Waals surface area contributed by atoms with E-state index >= 15 is 0 Å². The summed E-state index contributed by atoms with van der Waals surface area (Å²) in [4.78, 5) is 0. The smallest absolute Gasteiger partial charge is 0.409 e. The number of anilines is 1. The first-order chi connectivity index (χ1) is 14.3. The Morgan fingerprint density at radius 1 is 1.30 bits per heavy atom. The number of hydrogen-bond acceptors (Lipinski definition) is 10. The third-order valence-electron chi connectivity index (χ3n) is 3.89. The normalized spacial score (nSPS) is 11.4. The lowest BCUT2D eigenvalue weighted by Gasteiger charge is -1.98. The molecule has 0 fully saturated rings. The summed E-state index contributed by atoms with van der Waals surface area (Å²) in [7, 11) is -1.64. The van der Waals surface area contributed by atoms with Crippen molar-refractivity contribution in [1.82, 2.24) is 10.2 Å². The van der Waals surface area contributed by atoms with Crippen molar-refractivity contribution in [3.05, 3.63) is 42.6 Å². The summed E-state index contributed by atoms with van der Waals surface area (Å²) in [5.74, 6) is 0. The minimum Gasteiger partial charge on any atom is -0.726 e. The number of aryl methyl sites for hydroxylation is 1. The van der Waals surface area contributed by atoms with Crippen molar-refractivity contribution in [3.63, 3.8) is 0 Å². The Balaban J connectivity index is 0.000000377. The quantitative estimate of drug-likeness (QED) is 0.122. The zero-order valence-corrected chi connectivity index (χ0v) is 17.4. The molecule has 0 radical (unpaired) electrons.